The molecule has 1 aliphatic carbocycles. The quantitative estimate of drug-likeness (QED) is 0.529. The molecule has 2 N–H and O–H groups in total. The summed E-state index contributed by atoms with van der Waals surface area (Å²) in [6, 6.07) is 10.7. The number of para-hydroxylation sites is 1. The van der Waals surface area contributed by atoms with Gasteiger partial charge in [0.2, 0.25) is 0 Å². The largest absolute Gasteiger partial charge is 0.418 e. The van der Waals surface area contributed by atoms with Crippen molar-refractivity contribution in [2.24, 2.45) is 0 Å². The van der Waals surface area contributed by atoms with Crippen molar-refractivity contribution in [2.45, 2.75) is 50.9 Å². The minimum absolute atomic E-state index is 0.0489. The van der Waals surface area contributed by atoms with Crippen LogP contribution in [0.1, 0.15) is 53.6 Å². The van der Waals surface area contributed by atoms with Crippen molar-refractivity contribution < 1.29 is 27.6 Å². The molecule has 2 aromatic carbocycles. The van der Waals surface area contributed by atoms with Gasteiger partial charge in [-0.25, -0.2) is 0 Å². The lowest BCUT2D eigenvalue weighted by Crippen LogP contribution is -2.43. The average Bonchev–Trinajstić information content (AvgIpc) is 3.05. The molecule has 4 rings (SSSR count). The summed E-state index contributed by atoms with van der Waals surface area (Å²) < 4.78 is 39.5. The second-order valence-corrected chi connectivity index (χ2v) is 8.89. The van der Waals surface area contributed by atoms with Gasteiger partial charge >= 0.3 is 6.18 Å². The molecule has 0 aromatic heterocycles. The lowest BCUT2D eigenvalue weighted by molar-refractivity contribution is -0.141. The predicted molar refractivity (Wildman–Crippen MR) is 124 cm³/mol. The first kappa shape index (κ1) is 24.8. The highest BCUT2D eigenvalue weighted by atomic mass is 35.5. The molecule has 0 atom stereocenters. The zero-order valence-corrected chi connectivity index (χ0v) is 19.4. The summed E-state index contributed by atoms with van der Waals surface area (Å²) in [6.45, 7) is 0.169. The molecule has 2 aromatic rings. The number of rotatable bonds is 6. The summed E-state index contributed by atoms with van der Waals surface area (Å²) in [7, 11) is 0. The topological polar surface area (TPSA) is 78.5 Å². The van der Waals surface area contributed by atoms with Gasteiger partial charge in [-0.05, 0) is 42.7 Å². The van der Waals surface area contributed by atoms with Crippen LogP contribution in [0.3, 0.4) is 0 Å². The maximum Gasteiger partial charge on any atom is 0.418 e. The monoisotopic (exact) mass is 505 g/mol. The first-order chi connectivity index (χ1) is 16.7. The molecular formula is C25H23ClF3N3O3. The van der Waals surface area contributed by atoms with Crippen molar-refractivity contribution in [1.29, 1.82) is 0 Å². The fourth-order valence-corrected chi connectivity index (χ4v) is 4.58. The van der Waals surface area contributed by atoms with E-state index < -0.39 is 29.5 Å². The zero-order chi connectivity index (χ0) is 25.2. The Labute approximate surface area is 205 Å². The van der Waals surface area contributed by atoms with Crippen LogP contribution in [0.15, 0.2) is 59.3 Å². The van der Waals surface area contributed by atoms with E-state index in [1.807, 2.05) is 0 Å². The number of halogens is 4. The molecule has 0 radical (unpaired) electrons. The molecule has 35 heavy (non-hydrogen) atoms. The van der Waals surface area contributed by atoms with Gasteiger partial charge in [-0.3, -0.25) is 19.3 Å². The van der Waals surface area contributed by atoms with Crippen molar-refractivity contribution in [3.8, 4) is 0 Å². The van der Waals surface area contributed by atoms with Crippen molar-refractivity contribution in [3.63, 3.8) is 0 Å². The van der Waals surface area contributed by atoms with Gasteiger partial charge in [0.05, 0.1) is 11.3 Å². The van der Waals surface area contributed by atoms with Gasteiger partial charge in [-0.1, -0.05) is 55.1 Å². The van der Waals surface area contributed by atoms with Crippen LogP contribution >= 0.6 is 11.6 Å². The molecule has 0 saturated heterocycles. The van der Waals surface area contributed by atoms with Gasteiger partial charge in [0.15, 0.2) is 0 Å². The molecule has 184 valence electrons. The van der Waals surface area contributed by atoms with Crippen LogP contribution in [0.5, 0.6) is 0 Å². The minimum Gasteiger partial charge on any atom is -0.375 e. The Balaban J connectivity index is 1.39. The summed E-state index contributed by atoms with van der Waals surface area (Å²) in [6.07, 6.45) is -0.0473. The number of alkyl halides is 3. The van der Waals surface area contributed by atoms with Crippen LogP contribution in [0.4, 0.5) is 18.9 Å². The number of carbonyl (C=O) groups excluding carboxylic acids is 3. The highest BCUT2D eigenvalue weighted by molar-refractivity contribution is 6.47. The summed E-state index contributed by atoms with van der Waals surface area (Å²) in [5.41, 5.74) is -0.362. The second kappa shape index (κ2) is 10.1. The van der Waals surface area contributed by atoms with E-state index in [-0.39, 0.29) is 34.6 Å². The van der Waals surface area contributed by atoms with E-state index in [1.165, 1.54) is 35.2 Å². The number of anilines is 1. The van der Waals surface area contributed by atoms with Gasteiger partial charge in [-0.15, -0.1) is 0 Å². The van der Waals surface area contributed by atoms with E-state index in [2.05, 4.69) is 10.6 Å². The van der Waals surface area contributed by atoms with Gasteiger partial charge < -0.3 is 10.6 Å². The first-order valence-electron chi connectivity index (χ1n) is 11.2. The maximum atomic E-state index is 13.2. The van der Waals surface area contributed by atoms with Gasteiger partial charge in [0.1, 0.15) is 10.7 Å². The Bertz CT molecular complexity index is 1170. The molecule has 1 heterocycles. The lowest BCUT2D eigenvalue weighted by atomic mass is 9.94. The summed E-state index contributed by atoms with van der Waals surface area (Å²) in [4.78, 5) is 39.1. The molecule has 10 heteroatoms. The van der Waals surface area contributed by atoms with Gasteiger partial charge in [0, 0.05) is 18.2 Å². The van der Waals surface area contributed by atoms with Crippen molar-refractivity contribution in [3.05, 3.63) is 76.0 Å². The number of nitrogens with one attached hydrogen (secondary N) is 2. The molecule has 1 aliphatic heterocycles. The summed E-state index contributed by atoms with van der Waals surface area (Å²) in [5.74, 6) is -1.62. The average molecular weight is 506 g/mol. The molecular weight excluding hydrogens is 483 g/mol. The third-order valence-electron chi connectivity index (χ3n) is 6.16. The standard InChI is InChI=1S/C25H23ClF3N3O3/c26-20-21(24(35)32(23(20)34)17-6-2-1-3-7-17)30-14-15-10-12-16(13-11-15)22(33)31-19-9-5-4-8-18(19)25(27,28)29/h4-5,8-13,17,30H,1-3,6-7,14H2,(H,31,33). The van der Waals surface area contributed by atoms with E-state index >= 15 is 0 Å². The lowest BCUT2D eigenvalue weighted by Gasteiger charge is -2.29. The second-order valence-electron chi connectivity index (χ2n) is 8.51. The van der Waals surface area contributed by atoms with Crippen molar-refractivity contribution in [1.82, 2.24) is 10.2 Å². The van der Waals surface area contributed by atoms with Gasteiger partial charge in [-0.2, -0.15) is 13.2 Å². The number of carbonyl (C=O) groups is 3. The van der Waals surface area contributed by atoms with E-state index in [0.29, 0.717) is 5.56 Å². The van der Waals surface area contributed by atoms with Gasteiger partial charge in [0.25, 0.3) is 17.7 Å². The number of benzene rings is 2. The minimum atomic E-state index is -4.60. The molecule has 0 bridgehead atoms. The molecule has 1 fully saturated rings. The molecule has 0 unspecified atom stereocenters. The van der Waals surface area contributed by atoms with Crippen LogP contribution in [0.25, 0.3) is 0 Å². The zero-order valence-electron chi connectivity index (χ0n) is 18.6. The smallest absolute Gasteiger partial charge is 0.375 e. The van der Waals surface area contributed by atoms with Crippen LogP contribution in [-0.2, 0) is 22.3 Å². The van der Waals surface area contributed by atoms with Crippen LogP contribution in [0, 0.1) is 0 Å². The third-order valence-corrected chi connectivity index (χ3v) is 6.52. The molecule has 1 saturated carbocycles. The van der Waals surface area contributed by atoms with E-state index in [0.717, 1.165) is 38.2 Å². The van der Waals surface area contributed by atoms with E-state index in [1.54, 1.807) is 12.1 Å². The molecule has 2 aliphatic rings. The Kier molecular flexibility index (Phi) is 7.16. The number of hydrogen-bond donors (Lipinski definition) is 2. The fourth-order valence-electron chi connectivity index (χ4n) is 4.34. The normalized spacial score (nSPS) is 17.2. The maximum absolute atomic E-state index is 13.2. The Hall–Kier alpha value is -3.33. The Morgan fingerprint density at radius 1 is 0.971 bits per heavy atom. The molecule has 6 nitrogen and oxygen atoms in total. The first-order valence-corrected chi connectivity index (χ1v) is 11.6. The summed E-state index contributed by atoms with van der Waals surface area (Å²) >= 11 is 6.16. The van der Waals surface area contributed by atoms with Crippen molar-refractivity contribution >= 4 is 35.0 Å². The number of amides is 3. The van der Waals surface area contributed by atoms with Crippen LogP contribution in [-0.4, -0.2) is 28.7 Å². The predicted octanol–water partition coefficient (Wildman–Crippen LogP) is 5.20. The Morgan fingerprint density at radius 2 is 1.63 bits per heavy atom. The molecule has 0 spiro atoms. The highest BCUT2D eigenvalue weighted by Crippen LogP contribution is 2.35. The van der Waals surface area contributed by atoms with Crippen LogP contribution < -0.4 is 10.6 Å². The summed E-state index contributed by atoms with van der Waals surface area (Å²) in [5, 5.41) is 5.08. The highest BCUT2D eigenvalue weighted by Gasteiger charge is 2.41. The number of imide groups is 1. The van der Waals surface area contributed by atoms with Crippen LogP contribution in [0.2, 0.25) is 0 Å². The number of nitrogens with zero attached hydrogens (tertiary/aromatic N) is 1. The fraction of sp³-hybridized carbons (Fsp3) is 0.320. The van der Waals surface area contributed by atoms with E-state index in [4.69, 9.17) is 11.6 Å². The van der Waals surface area contributed by atoms with Crippen molar-refractivity contribution in [2.75, 3.05) is 5.32 Å². The number of hydrogen-bond acceptors (Lipinski definition) is 4. The SMILES string of the molecule is O=C(Nc1ccccc1C(F)(F)F)c1ccc(CNC2=C(Cl)C(=O)N(C3CCCCC3)C2=O)cc1. The third kappa shape index (κ3) is 5.35. The Morgan fingerprint density at radius 3 is 2.29 bits per heavy atom. The van der Waals surface area contributed by atoms with E-state index in [9.17, 15) is 27.6 Å². The molecule has 3 amide bonds.